The Hall–Kier alpha value is -2.43. The molecular formula is C20H26N4O. The summed E-state index contributed by atoms with van der Waals surface area (Å²) in [5, 5.41) is 3.06. The normalized spacial score (nSPS) is 15.2. The lowest BCUT2D eigenvalue weighted by atomic mass is 9.96. The van der Waals surface area contributed by atoms with Gasteiger partial charge in [0, 0.05) is 37.2 Å². The number of piperidine rings is 1. The summed E-state index contributed by atoms with van der Waals surface area (Å²) >= 11 is 0. The van der Waals surface area contributed by atoms with Gasteiger partial charge >= 0.3 is 0 Å². The summed E-state index contributed by atoms with van der Waals surface area (Å²) in [4.78, 5) is 23.3. The van der Waals surface area contributed by atoms with Crippen LogP contribution in [0.3, 0.4) is 0 Å². The minimum atomic E-state index is 0.128. The van der Waals surface area contributed by atoms with Gasteiger partial charge in [-0.05, 0) is 19.3 Å². The third-order valence-corrected chi connectivity index (χ3v) is 4.74. The highest BCUT2D eigenvalue weighted by atomic mass is 16.1. The van der Waals surface area contributed by atoms with Crippen LogP contribution in [0.4, 0.5) is 5.82 Å². The standard InChI is InChI=1S/C20H26N4O/c1-2-3-11-21-20(25)17-9-12-24(13-10-17)19-14-18(22-15-23-19)16-7-5-4-6-8-16/h4-8,14-15,17H,2-3,9-13H2,1H3,(H,21,25). The van der Waals surface area contributed by atoms with Crippen LogP contribution in [0.2, 0.25) is 0 Å². The summed E-state index contributed by atoms with van der Waals surface area (Å²) in [5.41, 5.74) is 2.03. The molecule has 5 heteroatoms. The molecule has 0 saturated carbocycles. The van der Waals surface area contributed by atoms with Gasteiger partial charge in [-0.1, -0.05) is 43.7 Å². The van der Waals surface area contributed by atoms with Gasteiger partial charge in [0.15, 0.2) is 0 Å². The van der Waals surface area contributed by atoms with Gasteiger partial charge in [0.05, 0.1) is 5.69 Å². The quantitative estimate of drug-likeness (QED) is 0.821. The highest BCUT2D eigenvalue weighted by molar-refractivity contribution is 5.79. The van der Waals surface area contributed by atoms with Crippen molar-refractivity contribution in [1.82, 2.24) is 15.3 Å². The molecule has 3 rings (SSSR count). The van der Waals surface area contributed by atoms with Crippen LogP contribution in [0.1, 0.15) is 32.6 Å². The third-order valence-electron chi connectivity index (χ3n) is 4.74. The number of benzene rings is 1. The molecule has 2 heterocycles. The lowest BCUT2D eigenvalue weighted by Gasteiger charge is -2.32. The molecule has 1 fully saturated rings. The Morgan fingerprint density at radius 2 is 1.96 bits per heavy atom. The van der Waals surface area contributed by atoms with Crippen molar-refractivity contribution >= 4 is 11.7 Å². The first-order valence-corrected chi connectivity index (χ1v) is 9.18. The van der Waals surface area contributed by atoms with E-state index in [0.717, 1.165) is 62.4 Å². The van der Waals surface area contributed by atoms with Crippen LogP contribution in [-0.2, 0) is 4.79 Å². The maximum atomic E-state index is 12.2. The van der Waals surface area contributed by atoms with E-state index in [-0.39, 0.29) is 11.8 Å². The first-order valence-electron chi connectivity index (χ1n) is 9.18. The van der Waals surface area contributed by atoms with Gasteiger partial charge in [0.1, 0.15) is 12.1 Å². The SMILES string of the molecule is CCCCNC(=O)C1CCN(c2cc(-c3ccccc3)ncn2)CC1. The highest BCUT2D eigenvalue weighted by Crippen LogP contribution is 2.25. The maximum absolute atomic E-state index is 12.2. The molecule has 0 spiro atoms. The maximum Gasteiger partial charge on any atom is 0.223 e. The Morgan fingerprint density at radius 3 is 2.68 bits per heavy atom. The number of carbonyl (C=O) groups excluding carboxylic acids is 1. The number of amides is 1. The Balaban J connectivity index is 1.59. The molecule has 132 valence electrons. The van der Waals surface area contributed by atoms with Gasteiger partial charge in [-0.25, -0.2) is 9.97 Å². The van der Waals surface area contributed by atoms with Crippen LogP contribution in [-0.4, -0.2) is 35.5 Å². The van der Waals surface area contributed by atoms with Gasteiger partial charge in [-0.2, -0.15) is 0 Å². The molecule has 1 aromatic carbocycles. The molecule has 1 amide bonds. The van der Waals surface area contributed by atoms with Crippen LogP contribution in [0, 0.1) is 5.92 Å². The van der Waals surface area contributed by atoms with Crippen LogP contribution in [0.15, 0.2) is 42.7 Å². The van der Waals surface area contributed by atoms with Crippen molar-refractivity contribution in [3.8, 4) is 11.3 Å². The first kappa shape index (κ1) is 17.4. The molecular weight excluding hydrogens is 312 g/mol. The average Bonchev–Trinajstić information content (AvgIpc) is 2.69. The highest BCUT2D eigenvalue weighted by Gasteiger charge is 2.25. The second-order valence-corrected chi connectivity index (χ2v) is 6.53. The fourth-order valence-electron chi connectivity index (χ4n) is 3.19. The molecule has 1 aliphatic heterocycles. The van der Waals surface area contributed by atoms with Crippen molar-refractivity contribution in [3.05, 3.63) is 42.7 Å². The summed E-state index contributed by atoms with van der Waals surface area (Å²) in [5.74, 6) is 1.28. The first-order chi connectivity index (χ1) is 12.3. The van der Waals surface area contributed by atoms with E-state index in [4.69, 9.17) is 0 Å². The fraction of sp³-hybridized carbons (Fsp3) is 0.450. The van der Waals surface area contributed by atoms with E-state index < -0.39 is 0 Å². The zero-order chi connectivity index (χ0) is 17.5. The van der Waals surface area contributed by atoms with Crippen molar-refractivity contribution in [1.29, 1.82) is 0 Å². The summed E-state index contributed by atoms with van der Waals surface area (Å²) in [6.45, 7) is 4.65. The van der Waals surface area contributed by atoms with Crippen LogP contribution >= 0.6 is 0 Å². The number of unbranched alkanes of at least 4 members (excludes halogenated alkanes) is 1. The van der Waals surface area contributed by atoms with E-state index >= 15 is 0 Å². The molecule has 1 aliphatic rings. The molecule has 1 aromatic heterocycles. The lowest BCUT2D eigenvalue weighted by molar-refractivity contribution is -0.125. The molecule has 0 bridgehead atoms. The number of carbonyl (C=O) groups is 1. The smallest absolute Gasteiger partial charge is 0.223 e. The number of hydrogen-bond acceptors (Lipinski definition) is 4. The third kappa shape index (κ3) is 4.56. The van der Waals surface area contributed by atoms with E-state index in [0.29, 0.717) is 0 Å². The average molecular weight is 338 g/mol. The van der Waals surface area contributed by atoms with E-state index in [9.17, 15) is 4.79 Å². The van der Waals surface area contributed by atoms with Crippen LogP contribution in [0.5, 0.6) is 0 Å². The predicted octanol–water partition coefficient (Wildman–Crippen LogP) is 3.28. The molecule has 2 aromatic rings. The second-order valence-electron chi connectivity index (χ2n) is 6.53. The summed E-state index contributed by atoms with van der Waals surface area (Å²) in [6, 6.07) is 12.2. The fourth-order valence-corrected chi connectivity index (χ4v) is 3.19. The van der Waals surface area contributed by atoms with Gasteiger partial charge in [0.25, 0.3) is 0 Å². The number of hydrogen-bond donors (Lipinski definition) is 1. The Kier molecular flexibility index (Phi) is 5.99. The van der Waals surface area contributed by atoms with E-state index in [1.54, 1.807) is 6.33 Å². The second kappa shape index (κ2) is 8.60. The van der Waals surface area contributed by atoms with Crippen LogP contribution < -0.4 is 10.2 Å². The van der Waals surface area contributed by atoms with Gasteiger partial charge in [-0.15, -0.1) is 0 Å². The minimum absolute atomic E-state index is 0.128. The van der Waals surface area contributed by atoms with Crippen LogP contribution in [0.25, 0.3) is 11.3 Å². The van der Waals surface area contributed by atoms with E-state index in [2.05, 4.69) is 39.2 Å². The number of aromatic nitrogens is 2. The van der Waals surface area contributed by atoms with Crippen molar-refractivity contribution in [2.45, 2.75) is 32.6 Å². The summed E-state index contributed by atoms with van der Waals surface area (Å²) < 4.78 is 0. The largest absolute Gasteiger partial charge is 0.356 e. The summed E-state index contributed by atoms with van der Waals surface area (Å²) in [7, 11) is 0. The number of nitrogens with zero attached hydrogens (tertiary/aromatic N) is 3. The van der Waals surface area contributed by atoms with Crippen molar-refractivity contribution < 1.29 is 4.79 Å². The zero-order valence-corrected chi connectivity index (χ0v) is 14.8. The number of nitrogens with one attached hydrogen (secondary N) is 1. The Morgan fingerprint density at radius 1 is 1.20 bits per heavy atom. The van der Waals surface area contributed by atoms with Crippen molar-refractivity contribution in [2.24, 2.45) is 5.92 Å². The zero-order valence-electron chi connectivity index (χ0n) is 14.8. The Bertz CT molecular complexity index is 681. The van der Waals surface area contributed by atoms with Gasteiger partial charge < -0.3 is 10.2 Å². The predicted molar refractivity (Wildman–Crippen MR) is 100 cm³/mol. The lowest BCUT2D eigenvalue weighted by Crippen LogP contribution is -2.41. The monoisotopic (exact) mass is 338 g/mol. The molecule has 1 N–H and O–H groups in total. The van der Waals surface area contributed by atoms with E-state index in [1.165, 1.54) is 0 Å². The molecule has 1 saturated heterocycles. The summed E-state index contributed by atoms with van der Waals surface area (Å²) in [6.07, 6.45) is 5.54. The molecule has 0 atom stereocenters. The Labute approximate surface area is 149 Å². The topological polar surface area (TPSA) is 58.1 Å². The minimum Gasteiger partial charge on any atom is -0.356 e. The van der Waals surface area contributed by atoms with Gasteiger partial charge in [0.2, 0.25) is 5.91 Å². The number of rotatable bonds is 6. The molecule has 0 radical (unpaired) electrons. The number of anilines is 1. The molecule has 5 nitrogen and oxygen atoms in total. The van der Waals surface area contributed by atoms with E-state index in [1.807, 2.05) is 24.3 Å². The van der Waals surface area contributed by atoms with Crippen molar-refractivity contribution in [2.75, 3.05) is 24.5 Å². The van der Waals surface area contributed by atoms with Gasteiger partial charge in [-0.3, -0.25) is 4.79 Å². The van der Waals surface area contributed by atoms with Crippen molar-refractivity contribution in [3.63, 3.8) is 0 Å². The molecule has 0 unspecified atom stereocenters. The molecule has 0 aliphatic carbocycles. The molecule has 25 heavy (non-hydrogen) atoms.